The minimum atomic E-state index is -3.56. The van der Waals surface area contributed by atoms with Gasteiger partial charge in [-0.15, -0.1) is 0 Å². The van der Waals surface area contributed by atoms with E-state index in [4.69, 9.17) is 0 Å². The molecule has 0 unspecified atom stereocenters. The molecule has 1 fully saturated rings. The topological polar surface area (TPSA) is 82.6 Å². The fourth-order valence-corrected chi connectivity index (χ4v) is 4.84. The van der Waals surface area contributed by atoms with Gasteiger partial charge in [0.1, 0.15) is 0 Å². The van der Waals surface area contributed by atoms with E-state index in [0.29, 0.717) is 31.6 Å². The van der Waals surface area contributed by atoms with Gasteiger partial charge in [-0.2, -0.15) is 4.31 Å². The number of aromatic nitrogens is 1. The Morgan fingerprint density at radius 3 is 2.59 bits per heavy atom. The summed E-state index contributed by atoms with van der Waals surface area (Å²) in [5.74, 6) is -0.132. The van der Waals surface area contributed by atoms with Crippen LogP contribution in [0.2, 0.25) is 0 Å². The maximum atomic E-state index is 12.9. The number of piperazine rings is 1. The van der Waals surface area contributed by atoms with Gasteiger partial charge in [-0.25, -0.2) is 8.42 Å². The van der Waals surface area contributed by atoms with Gasteiger partial charge >= 0.3 is 0 Å². The Hall–Kier alpha value is -2.29. The van der Waals surface area contributed by atoms with Crippen LogP contribution in [0.25, 0.3) is 0 Å². The summed E-state index contributed by atoms with van der Waals surface area (Å²) >= 11 is 0. The van der Waals surface area contributed by atoms with E-state index in [-0.39, 0.29) is 10.8 Å². The number of likely N-dealkylation sites (N-methyl/N-ethyl adjacent to an activating group) is 1. The second kappa shape index (κ2) is 9.96. The van der Waals surface area contributed by atoms with Crippen LogP contribution < -0.4 is 5.32 Å². The molecule has 3 rings (SSSR count). The molecule has 0 radical (unpaired) electrons. The van der Waals surface area contributed by atoms with Crippen molar-refractivity contribution in [2.75, 3.05) is 38.0 Å². The Morgan fingerprint density at radius 1 is 1.10 bits per heavy atom. The molecular weight excluding hydrogens is 388 g/mol. The first kappa shape index (κ1) is 21.4. The molecule has 8 heteroatoms. The molecule has 1 aromatic heterocycles. The number of nitrogens with zero attached hydrogens (tertiary/aromatic N) is 3. The quantitative estimate of drug-likeness (QED) is 0.714. The number of hydrogen-bond acceptors (Lipinski definition) is 5. The van der Waals surface area contributed by atoms with Crippen LogP contribution in [0.3, 0.4) is 0 Å². The second-order valence-corrected chi connectivity index (χ2v) is 9.03. The van der Waals surface area contributed by atoms with Crippen molar-refractivity contribution in [1.29, 1.82) is 0 Å². The number of nitrogens with one attached hydrogen (secondary N) is 1. The monoisotopic (exact) mass is 416 g/mol. The van der Waals surface area contributed by atoms with Crippen LogP contribution in [0.15, 0.2) is 53.6 Å². The Balaban J connectivity index is 1.56. The molecule has 1 aliphatic heterocycles. The first-order valence-corrected chi connectivity index (χ1v) is 11.5. The number of aryl methyl sites for hydroxylation is 1. The lowest BCUT2D eigenvalue weighted by Crippen LogP contribution is -2.48. The van der Waals surface area contributed by atoms with Crippen molar-refractivity contribution in [3.63, 3.8) is 0 Å². The van der Waals surface area contributed by atoms with Gasteiger partial charge in [0, 0.05) is 50.2 Å². The zero-order valence-electron chi connectivity index (χ0n) is 16.8. The molecule has 7 nitrogen and oxygen atoms in total. The highest BCUT2D eigenvalue weighted by atomic mass is 32.2. The summed E-state index contributed by atoms with van der Waals surface area (Å²) < 4.78 is 27.4. The number of amides is 1. The van der Waals surface area contributed by atoms with Gasteiger partial charge in [0.15, 0.2) is 0 Å². The second-order valence-electron chi connectivity index (χ2n) is 7.09. The van der Waals surface area contributed by atoms with Crippen LogP contribution in [0.5, 0.6) is 0 Å². The van der Waals surface area contributed by atoms with Crippen LogP contribution in [-0.2, 0) is 21.2 Å². The number of anilines is 1. The van der Waals surface area contributed by atoms with Crippen molar-refractivity contribution < 1.29 is 13.2 Å². The number of sulfonamides is 1. The number of carbonyl (C=O) groups excluding carboxylic acids is 1. The highest BCUT2D eigenvalue weighted by Gasteiger charge is 2.28. The molecule has 2 heterocycles. The third-order valence-electron chi connectivity index (χ3n) is 5.10. The average Bonchev–Trinajstić information content (AvgIpc) is 2.75. The van der Waals surface area contributed by atoms with Gasteiger partial charge in [-0.3, -0.25) is 9.78 Å². The Kier molecular flexibility index (Phi) is 7.35. The van der Waals surface area contributed by atoms with Gasteiger partial charge in [0.05, 0.1) is 4.90 Å². The van der Waals surface area contributed by atoms with Crippen molar-refractivity contribution >= 4 is 21.6 Å². The number of benzene rings is 1. The standard InChI is InChI=1S/C21H28N4O3S/c1-2-24-13-15-25(16-14-24)29(27,28)20-10-5-9-19(17-20)23-21(26)11-6-8-18-7-3-4-12-22-18/h3-5,7,9-10,12,17H,2,6,8,11,13-16H2,1H3,(H,23,26). The zero-order valence-corrected chi connectivity index (χ0v) is 17.6. The van der Waals surface area contributed by atoms with E-state index < -0.39 is 10.0 Å². The van der Waals surface area contributed by atoms with Crippen LogP contribution in [-0.4, -0.2) is 61.2 Å². The molecule has 0 spiro atoms. The largest absolute Gasteiger partial charge is 0.326 e. The first-order chi connectivity index (χ1) is 14.0. The molecule has 1 N–H and O–H groups in total. The third-order valence-corrected chi connectivity index (χ3v) is 6.99. The molecule has 0 bridgehead atoms. The molecule has 0 aliphatic carbocycles. The number of hydrogen-bond donors (Lipinski definition) is 1. The predicted molar refractivity (Wildman–Crippen MR) is 113 cm³/mol. The molecule has 29 heavy (non-hydrogen) atoms. The lowest BCUT2D eigenvalue weighted by molar-refractivity contribution is -0.116. The summed E-state index contributed by atoms with van der Waals surface area (Å²) in [6.07, 6.45) is 3.50. The predicted octanol–water partition coefficient (Wildman–Crippen LogP) is 2.37. The van der Waals surface area contributed by atoms with E-state index in [0.717, 1.165) is 31.7 Å². The van der Waals surface area contributed by atoms with E-state index in [1.165, 1.54) is 10.4 Å². The summed E-state index contributed by atoms with van der Waals surface area (Å²) in [5.41, 5.74) is 1.46. The number of carbonyl (C=O) groups is 1. The van der Waals surface area contributed by atoms with Gasteiger partial charge in [-0.1, -0.05) is 19.1 Å². The molecule has 156 valence electrons. The van der Waals surface area contributed by atoms with Crippen molar-refractivity contribution in [3.05, 3.63) is 54.4 Å². The number of rotatable bonds is 8. The lowest BCUT2D eigenvalue weighted by Gasteiger charge is -2.33. The summed E-state index contributed by atoms with van der Waals surface area (Å²) in [4.78, 5) is 18.9. The first-order valence-electron chi connectivity index (χ1n) is 10.0. The summed E-state index contributed by atoms with van der Waals surface area (Å²) in [5, 5.41) is 2.81. The Bertz CT molecular complexity index is 911. The fraction of sp³-hybridized carbons (Fsp3) is 0.429. The van der Waals surface area contributed by atoms with Crippen LogP contribution in [0.4, 0.5) is 5.69 Å². The fourth-order valence-electron chi connectivity index (χ4n) is 3.37. The normalized spacial score (nSPS) is 15.9. The Labute approximate surface area is 172 Å². The molecule has 0 saturated carbocycles. The van der Waals surface area contributed by atoms with Crippen molar-refractivity contribution in [3.8, 4) is 0 Å². The molecular formula is C21H28N4O3S. The van der Waals surface area contributed by atoms with E-state index in [1.54, 1.807) is 24.4 Å². The number of pyridine rings is 1. The van der Waals surface area contributed by atoms with Crippen molar-refractivity contribution in [1.82, 2.24) is 14.2 Å². The highest BCUT2D eigenvalue weighted by Crippen LogP contribution is 2.21. The molecule has 0 atom stereocenters. The average molecular weight is 417 g/mol. The maximum Gasteiger partial charge on any atom is 0.243 e. The van der Waals surface area contributed by atoms with Crippen molar-refractivity contribution in [2.45, 2.75) is 31.1 Å². The minimum Gasteiger partial charge on any atom is -0.326 e. The molecule has 2 aromatic rings. The van der Waals surface area contributed by atoms with Crippen LogP contribution >= 0.6 is 0 Å². The summed E-state index contributed by atoms with van der Waals surface area (Å²) in [7, 11) is -3.56. The lowest BCUT2D eigenvalue weighted by atomic mass is 10.1. The Morgan fingerprint density at radius 2 is 1.90 bits per heavy atom. The van der Waals surface area contributed by atoms with Crippen molar-refractivity contribution in [2.24, 2.45) is 0 Å². The summed E-state index contributed by atoms with van der Waals surface area (Å²) in [6.45, 7) is 5.45. The third kappa shape index (κ3) is 5.85. The minimum absolute atomic E-state index is 0.132. The van der Waals surface area contributed by atoms with E-state index >= 15 is 0 Å². The van der Waals surface area contributed by atoms with E-state index in [9.17, 15) is 13.2 Å². The summed E-state index contributed by atoms with van der Waals surface area (Å²) in [6, 6.07) is 12.2. The van der Waals surface area contributed by atoms with Gasteiger partial charge in [0.25, 0.3) is 0 Å². The molecule has 1 saturated heterocycles. The molecule has 1 aromatic carbocycles. The molecule has 1 amide bonds. The SMILES string of the molecule is CCN1CCN(S(=O)(=O)c2cccc(NC(=O)CCCc3ccccn3)c2)CC1. The zero-order chi connectivity index (χ0) is 20.7. The van der Waals surface area contributed by atoms with Crippen LogP contribution in [0.1, 0.15) is 25.5 Å². The van der Waals surface area contributed by atoms with Gasteiger partial charge in [0.2, 0.25) is 15.9 Å². The maximum absolute atomic E-state index is 12.9. The molecule has 1 aliphatic rings. The van der Waals surface area contributed by atoms with E-state index in [1.807, 2.05) is 18.2 Å². The highest BCUT2D eigenvalue weighted by molar-refractivity contribution is 7.89. The van der Waals surface area contributed by atoms with Gasteiger partial charge in [-0.05, 0) is 49.7 Å². The van der Waals surface area contributed by atoms with E-state index in [2.05, 4.69) is 22.1 Å². The van der Waals surface area contributed by atoms with Crippen LogP contribution in [0, 0.1) is 0 Å². The van der Waals surface area contributed by atoms with Gasteiger partial charge < -0.3 is 10.2 Å². The smallest absolute Gasteiger partial charge is 0.243 e.